The SMILES string of the molecule is CC(NC1CCN(S(C)(=O)=O)CC1)c1cc(O)cc(O)c1. The van der Waals surface area contributed by atoms with Crippen molar-refractivity contribution in [2.75, 3.05) is 19.3 Å². The molecule has 1 aromatic carbocycles. The van der Waals surface area contributed by atoms with Crippen LogP contribution in [0.1, 0.15) is 31.4 Å². The predicted molar refractivity (Wildman–Crippen MR) is 80.8 cm³/mol. The Morgan fingerprint density at radius 2 is 1.71 bits per heavy atom. The first kappa shape index (κ1) is 16.1. The third-order valence-electron chi connectivity index (χ3n) is 3.83. The minimum absolute atomic E-state index is 0.0298. The van der Waals surface area contributed by atoms with Crippen molar-refractivity contribution in [1.29, 1.82) is 0 Å². The van der Waals surface area contributed by atoms with Gasteiger partial charge in [0.25, 0.3) is 0 Å². The molecule has 1 unspecified atom stereocenters. The molecule has 2 rings (SSSR count). The van der Waals surface area contributed by atoms with Gasteiger partial charge < -0.3 is 15.5 Å². The smallest absolute Gasteiger partial charge is 0.211 e. The fourth-order valence-corrected chi connectivity index (χ4v) is 3.55. The monoisotopic (exact) mass is 314 g/mol. The van der Waals surface area contributed by atoms with E-state index in [9.17, 15) is 18.6 Å². The molecule has 0 amide bonds. The summed E-state index contributed by atoms with van der Waals surface area (Å²) < 4.78 is 24.4. The normalized spacial score (nSPS) is 19.5. The molecule has 1 heterocycles. The minimum Gasteiger partial charge on any atom is -0.508 e. The number of nitrogens with zero attached hydrogens (tertiary/aromatic N) is 1. The molecule has 1 aliphatic heterocycles. The summed E-state index contributed by atoms with van der Waals surface area (Å²) in [6.45, 7) is 3.00. The van der Waals surface area contributed by atoms with Crippen molar-refractivity contribution in [2.24, 2.45) is 0 Å². The first-order valence-electron chi connectivity index (χ1n) is 7.00. The number of hydrogen-bond donors (Lipinski definition) is 3. The molecule has 1 aliphatic rings. The van der Waals surface area contributed by atoms with E-state index in [1.807, 2.05) is 6.92 Å². The second kappa shape index (κ2) is 6.21. The predicted octanol–water partition coefficient (Wildman–Crippen LogP) is 1.17. The summed E-state index contributed by atoms with van der Waals surface area (Å²) in [7, 11) is -3.10. The van der Waals surface area contributed by atoms with Crippen molar-refractivity contribution < 1.29 is 18.6 Å². The number of hydrogen-bond acceptors (Lipinski definition) is 5. The highest BCUT2D eigenvalue weighted by atomic mass is 32.2. The molecular weight excluding hydrogens is 292 g/mol. The maximum atomic E-state index is 11.5. The molecule has 0 aliphatic carbocycles. The van der Waals surface area contributed by atoms with E-state index < -0.39 is 10.0 Å². The van der Waals surface area contributed by atoms with Crippen LogP contribution in [-0.2, 0) is 10.0 Å². The number of rotatable bonds is 4. The summed E-state index contributed by atoms with van der Waals surface area (Å²) >= 11 is 0. The molecular formula is C14H22N2O4S. The maximum absolute atomic E-state index is 11.5. The fraction of sp³-hybridized carbons (Fsp3) is 0.571. The Bertz CT molecular complexity index is 575. The van der Waals surface area contributed by atoms with Crippen molar-refractivity contribution >= 4 is 10.0 Å². The third-order valence-corrected chi connectivity index (χ3v) is 5.14. The van der Waals surface area contributed by atoms with Gasteiger partial charge in [-0.25, -0.2) is 12.7 Å². The van der Waals surface area contributed by atoms with Gasteiger partial charge in [0.05, 0.1) is 6.26 Å². The van der Waals surface area contributed by atoms with Crippen LogP contribution in [0.2, 0.25) is 0 Å². The summed E-state index contributed by atoms with van der Waals surface area (Å²) in [6.07, 6.45) is 2.74. The molecule has 0 radical (unpaired) electrons. The number of aromatic hydroxyl groups is 2. The van der Waals surface area contributed by atoms with Gasteiger partial charge in [-0.05, 0) is 37.5 Å². The first-order valence-corrected chi connectivity index (χ1v) is 8.84. The van der Waals surface area contributed by atoms with E-state index in [-0.39, 0.29) is 23.6 Å². The Morgan fingerprint density at radius 1 is 1.19 bits per heavy atom. The van der Waals surface area contributed by atoms with Crippen molar-refractivity contribution in [3.63, 3.8) is 0 Å². The van der Waals surface area contributed by atoms with Crippen LogP contribution in [0, 0.1) is 0 Å². The Morgan fingerprint density at radius 3 is 2.19 bits per heavy atom. The van der Waals surface area contributed by atoms with E-state index in [4.69, 9.17) is 0 Å². The fourth-order valence-electron chi connectivity index (χ4n) is 2.67. The van der Waals surface area contributed by atoms with Gasteiger partial charge in [-0.15, -0.1) is 0 Å². The summed E-state index contributed by atoms with van der Waals surface area (Å²) in [4.78, 5) is 0. The molecule has 118 valence electrons. The van der Waals surface area contributed by atoms with Crippen LogP contribution in [0.15, 0.2) is 18.2 Å². The van der Waals surface area contributed by atoms with Gasteiger partial charge in [-0.2, -0.15) is 0 Å². The van der Waals surface area contributed by atoms with Gasteiger partial charge in [0, 0.05) is 31.2 Å². The second-order valence-electron chi connectivity index (χ2n) is 5.61. The lowest BCUT2D eigenvalue weighted by molar-refractivity contribution is 0.278. The first-order chi connectivity index (χ1) is 9.75. The molecule has 3 N–H and O–H groups in total. The van der Waals surface area contributed by atoms with E-state index in [1.165, 1.54) is 16.6 Å². The molecule has 0 aromatic heterocycles. The highest BCUT2D eigenvalue weighted by Gasteiger charge is 2.25. The molecule has 1 aromatic rings. The minimum atomic E-state index is -3.10. The van der Waals surface area contributed by atoms with Gasteiger partial charge in [0.2, 0.25) is 10.0 Å². The Kier molecular flexibility index (Phi) is 4.75. The molecule has 1 atom stereocenters. The topological polar surface area (TPSA) is 89.9 Å². The number of nitrogens with one attached hydrogen (secondary N) is 1. The van der Waals surface area contributed by atoms with Crippen LogP contribution in [0.3, 0.4) is 0 Å². The number of phenols is 2. The number of piperidine rings is 1. The van der Waals surface area contributed by atoms with Crippen molar-refractivity contribution in [3.05, 3.63) is 23.8 Å². The van der Waals surface area contributed by atoms with E-state index in [2.05, 4.69) is 5.32 Å². The zero-order chi connectivity index (χ0) is 15.6. The standard InChI is InChI=1S/C14H22N2O4S/c1-10(11-7-13(17)9-14(18)8-11)15-12-3-5-16(6-4-12)21(2,19)20/h7-10,12,15,17-18H,3-6H2,1-2H3. The highest BCUT2D eigenvalue weighted by molar-refractivity contribution is 7.88. The highest BCUT2D eigenvalue weighted by Crippen LogP contribution is 2.26. The molecule has 0 spiro atoms. The lowest BCUT2D eigenvalue weighted by atomic mass is 10.0. The molecule has 7 heteroatoms. The lowest BCUT2D eigenvalue weighted by Gasteiger charge is -2.32. The quantitative estimate of drug-likeness (QED) is 0.776. The molecule has 0 saturated carbocycles. The Balaban J connectivity index is 1.94. The summed E-state index contributed by atoms with van der Waals surface area (Å²) in [5.74, 6) is 0.0658. The molecule has 0 bridgehead atoms. The molecule has 1 saturated heterocycles. The average Bonchev–Trinajstić information content (AvgIpc) is 2.37. The van der Waals surface area contributed by atoms with Crippen molar-refractivity contribution in [3.8, 4) is 11.5 Å². The zero-order valence-corrected chi connectivity index (χ0v) is 13.1. The van der Waals surface area contributed by atoms with Gasteiger partial charge in [-0.3, -0.25) is 0 Å². The number of benzene rings is 1. The Hall–Kier alpha value is -1.31. The van der Waals surface area contributed by atoms with Crippen LogP contribution >= 0.6 is 0 Å². The van der Waals surface area contributed by atoms with Crippen LogP contribution in [-0.4, -0.2) is 48.3 Å². The second-order valence-corrected chi connectivity index (χ2v) is 7.59. The Labute approximate surface area is 125 Å². The van der Waals surface area contributed by atoms with Crippen molar-refractivity contribution in [2.45, 2.75) is 31.8 Å². The summed E-state index contributed by atoms with van der Waals surface area (Å²) in [6, 6.07) is 4.72. The van der Waals surface area contributed by atoms with E-state index in [0.717, 1.165) is 18.4 Å². The number of phenolic OH excluding ortho intramolecular Hbond substituents is 2. The third kappa shape index (κ3) is 4.33. The summed E-state index contributed by atoms with van der Waals surface area (Å²) in [5, 5.41) is 22.4. The molecule has 21 heavy (non-hydrogen) atoms. The maximum Gasteiger partial charge on any atom is 0.211 e. The van der Waals surface area contributed by atoms with E-state index in [1.54, 1.807) is 12.1 Å². The number of sulfonamides is 1. The largest absolute Gasteiger partial charge is 0.508 e. The lowest BCUT2D eigenvalue weighted by Crippen LogP contribution is -2.45. The van der Waals surface area contributed by atoms with Crippen molar-refractivity contribution in [1.82, 2.24) is 9.62 Å². The molecule has 1 fully saturated rings. The average molecular weight is 314 g/mol. The molecule has 6 nitrogen and oxygen atoms in total. The summed E-state index contributed by atoms with van der Waals surface area (Å²) in [5.41, 5.74) is 0.804. The van der Waals surface area contributed by atoms with Gasteiger partial charge in [0.15, 0.2) is 0 Å². The van der Waals surface area contributed by atoms with Gasteiger partial charge in [0.1, 0.15) is 11.5 Å². The van der Waals surface area contributed by atoms with Gasteiger partial charge >= 0.3 is 0 Å². The van der Waals surface area contributed by atoms with Crippen LogP contribution < -0.4 is 5.32 Å². The van der Waals surface area contributed by atoms with Crippen LogP contribution in [0.4, 0.5) is 0 Å². The van der Waals surface area contributed by atoms with E-state index >= 15 is 0 Å². The van der Waals surface area contributed by atoms with Gasteiger partial charge in [-0.1, -0.05) is 0 Å². The van der Waals surface area contributed by atoms with Crippen LogP contribution in [0.25, 0.3) is 0 Å². The van der Waals surface area contributed by atoms with Crippen LogP contribution in [0.5, 0.6) is 11.5 Å². The zero-order valence-electron chi connectivity index (χ0n) is 12.3. The van der Waals surface area contributed by atoms with E-state index in [0.29, 0.717) is 13.1 Å².